The van der Waals surface area contributed by atoms with Crippen molar-refractivity contribution in [2.75, 3.05) is 11.9 Å². The Bertz CT molecular complexity index is 445. The maximum atomic E-state index is 11.0. The number of aryl methyl sites for hydroxylation is 2. The van der Waals surface area contributed by atoms with E-state index in [4.69, 9.17) is 6.42 Å². The van der Waals surface area contributed by atoms with Crippen molar-refractivity contribution in [3.63, 3.8) is 0 Å². The van der Waals surface area contributed by atoms with Crippen LogP contribution in [0.4, 0.5) is 11.5 Å². The zero-order chi connectivity index (χ0) is 12.8. The second-order valence-corrected chi connectivity index (χ2v) is 3.64. The average molecular weight is 236 g/mol. The largest absolute Gasteiger partial charge is 0.364 e. The molecule has 1 rings (SSSR count). The predicted molar refractivity (Wildman–Crippen MR) is 65.8 cm³/mol. The summed E-state index contributed by atoms with van der Waals surface area (Å²) in [5.74, 6) is 2.93. The molecule has 17 heavy (non-hydrogen) atoms. The molecule has 0 saturated carbocycles. The van der Waals surface area contributed by atoms with Gasteiger partial charge in [0.2, 0.25) is 5.82 Å². The zero-order valence-corrected chi connectivity index (χ0v) is 10.1. The Kier molecular flexibility index (Phi) is 4.52. The van der Waals surface area contributed by atoms with Gasteiger partial charge < -0.3 is 5.32 Å². The molecule has 92 valence electrons. The van der Waals surface area contributed by atoms with Crippen molar-refractivity contribution in [3.05, 3.63) is 15.8 Å². The summed E-state index contributed by atoms with van der Waals surface area (Å²) in [6.45, 7) is 4.78. The summed E-state index contributed by atoms with van der Waals surface area (Å²) in [4.78, 5) is 10.6. The molecular weight excluding hydrogens is 220 g/mol. The minimum atomic E-state index is -0.410. The van der Waals surface area contributed by atoms with E-state index in [9.17, 15) is 10.1 Å². The molecule has 6 heteroatoms. The number of hydrogen-bond donors (Lipinski definition) is 1. The summed E-state index contributed by atoms with van der Waals surface area (Å²) < 4.78 is 1.63. The summed E-state index contributed by atoms with van der Waals surface area (Å²) in [5.41, 5.74) is 0.460. The second kappa shape index (κ2) is 5.89. The Balaban J connectivity index is 3.02. The van der Waals surface area contributed by atoms with Crippen LogP contribution in [0.5, 0.6) is 0 Å². The number of nitrogens with one attached hydrogen (secondary N) is 1. The van der Waals surface area contributed by atoms with Crippen molar-refractivity contribution in [1.29, 1.82) is 0 Å². The van der Waals surface area contributed by atoms with Gasteiger partial charge in [0.1, 0.15) is 5.69 Å². The number of aromatic nitrogens is 2. The molecule has 0 fully saturated rings. The van der Waals surface area contributed by atoms with E-state index in [0.717, 1.165) is 6.42 Å². The van der Waals surface area contributed by atoms with Gasteiger partial charge in [0, 0.05) is 19.5 Å². The van der Waals surface area contributed by atoms with Crippen molar-refractivity contribution in [2.45, 2.75) is 33.2 Å². The number of anilines is 1. The Morgan fingerprint density at radius 1 is 1.65 bits per heavy atom. The fourth-order valence-electron chi connectivity index (χ4n) is 1.59. The van der Waals surface area contributed by atoms with Crippen LogP contribution >= 0.6 is 0 Å². The van der Waals surface area contributed by atoms with Crippen molar-refractivity contribution in [1.82, 2.24) is 9.78 Å². The molecule has 1 N–H and O–H groups in total. The highest BCUT2D eigenvalue weighted by Gasteiger charge is 2.24. The normalized spacial score (nSPS) is 9.94. The van der Waals surface area contributed by atoms with E-state index in [-0.39, 0.29) is 5.69 Å². The molecule has 1 aromatic heterocycles. The first kappa shape index (κ1) is 13.0. The number of nitrogens with zero attached hydrogens (tertiary/aromatic N) is 3. The van der Waals surface area contributed by atoms with Crippen molar-refractivity contribution < 1.29 is 4.92 Å². The molecule has 0 aliphatic carbocycles. The smallest absolute Gasteiger partial charge is 0.333 e. The third-order valence-corrected chi connectivity index (χ3v) is 2.28. The molecule has 1 aromatic rings. The van der Waals surface area contributed by atoms with E-state index >= 15 is 0 Å². The van der Waals surface area contributed by atoms with Gasteiger partial charge in [-0.3, -0.25) is 10.1 Å². The van der Waals surface area contributed by atoms with Crippen LogP contribution in [0.15, 0.2) is 0 Å². The van der Waals surface area contributed by atoms with Crippen LogP contribution in [0.25, 0.3) is 0 Å². The van der Waals surface area contributed by atoms with Gasteiger partial charge in [-0.15, -0.1) is 12.3 Å². The van der Waals surface area contributed by atoms with E-state index in [1.807, 2.05) is 6.92 Å². The van der Waals surface area contributed by atoms with Gasteiger partial charge in [-0.05, 0) is 13.3 Å². The second-order valence-electron chi connectivity index (χ2n) is 3.64. The molecule has 0 atom stereocenters. The quantitative estimate of drug-likeness (QED) is 0.354. The van der Waals surface area contributed by atoms with Gasteiger partial charge in [-0.2, -0.15) is 5.10 Å². The third-order valence-electron chi connectivity index (χ3n) is 2.28. The van der Waals surface area contributed by atoms with E-state index in [0.29, 0.717) is 31.0 Å². The average Bonchev–Trinajstić information content (AvgIpc) is 2.56. The van der Waals surface area contributed by atoms with Crippen LogP contribution < -0.4 is 5.32 Å². The Labute approximate surface area is 100 Å². The number of hydrogen-bond acceptors (Lipinski definition) is 4. The first-order chi connectivity index (χ1) is 8.11. The molecule has 0 aliphatic rings. The molecule has 0 spiro atoms. The molecular formula is C11H16N4O2. The van der Waals surface area contributed by atoms with Crippen LogP contribution in [-0.4, -0.2) is 21.2 Å². The third kappa shape index (κ3) is 2.97. The van der Waals surface area contributed by atoms with E-state index in [2.05, 4.69) is 16.3 Å². The highest BCUT2D eigenvalue weighted by molar-refractivity contribution is 5.59. The Morgan fingerprint density at radius 2 is 2.35 bits per heavy atom. The summed E-state index contributed by atoms with van der Waals surface area (Å²) in [7, 11) is 0. The Morgan fingerprint density at radius 3 is 2.88 bits per heavy atom. The molecule has 0 saturated heterocycles. The van der Waals surface area contributed by atoms with Gasteiger partial charge >= 0.3 is 5.69 Å². The van der Waals surface area contributed by atoms with Gasteiger partial charge in [-0.25, -0.2) is 4.68 Å². The van der Waals surface area contributed by atoms with Crippen LogP contribution in [0, 0.1) is 29.4 Å². The monoisotopic (exact) mass is 236 g/mol. The molecule has 0 radical (unpaired) electrons. The van der Waals surface area contributed by atoms with Crippen LogP contribution in [0.3, 0.4) is 0 Å². The van der Waals surface area contributed by atoms with Gasteiger partial charge in [0.05, 0.1) is 4.92 Å². The van der Waals surface area contributed by atoms with E-state index in [1.54, 1.807) is 11.6 Å². The predicted octanol–water partition coefficient (Wildman–Crippen LogP) is 1.94. The van der Waals surface area contributed by atoms with Gasteiger partial charge in [0.25, 0.3) is 0 Å². The fourth-order valence-corrected chi connectivity index (χ4v) is 1.59. The standard InChI is InChI=1S/C11H16N4O2/c1-4-6-7-12-11-10(15(16)17)9(3)13-14(11)8-5-2/h1,12H,5-8H2,2-3H3. The van der Waals surface area contributed by atoms with Crippen LogP contribution in [0.2, 0.25) is 0 Å². The maximum absolute atomic E-state index is 11.0. The van der Waals surface area contributed by atoms with Crippen molar-refractivity contribution in [3.8, 4) is 12.3 Å². The maximum Gasteiger partial charge on any atom is 0.333 e. The fraction of sp³-hybridized carbons (Fsp3) is 0.545. The zero-order valence-electron chi connectivity index (χ0n) is 10.1. The minimum absolute atomic E-state index is 0.0375. The van der Waals surface area contributed by atoms with Gasteiger partial charge in [-0.1, -0.05) is 6.92 Å². The highest BCUT2D eigenvalue weighted by Crippen LogP contribution is 2.28. The number of terminal acetylenes is 1. The number of rotatable bonds is 6. The summed E-state index contributed by atoms with van der Waals surface area (Å²) in [5, 5.41) is 18.1. The Hall–Kier alpha value is -2.03. The molecule has 0 unspecified atom stereocenters. The molecule has 1 heterocycles. The van der Waals surface area contributed by atoms with Gasteiger partial charge in [0.15, 0.2) is 0 Å². The topological polar surface area (TPSA) is 73.0 Å². The lowest BCUT2D eigenvalue weighted by Crippen LogP contribution is -2.10. The summed E-state index contributed by atoms with van der Waals surface area (Å²) in [6, 6.07) is 0. The molecule has 0 amide bonds. The van der Waals surface area contributed by atoms with Crippen LogP contribution in [-0.2, 0) is 6.54 Å². The lowest BCUT2D eigenvalue weighted by molar-refractivity contribution is -0.384. The van der Waals surface area contributed by atoms with E-state index in [1.165, 1.54) is 0 Å². The van der Waals surface area contributed by atoms with Crippen molar-refractivity contribution >= 4 is 11.5 Å². The molecule has 0 aromatic carbocycles. The molecule has 0 bridgehead atoms. The first-order valence-corrected chi connectivity index (χ1v) is 5.51. The lowest BCUT2D eigenvalue weighted by Gasteiger charge is -2.06. The molecule has 6 nitrogen and oxygen atoms in total. The lowest BCUT2D eigenvalue weighted by atomic mass is 10.3. The minimum Gasteiger partial charge on any atom is -0.364 e. The SMILES string of the molecule is C#CCCNc1c([N+](=O)[O-])c(C)nn1CCC. The van der Waals surface area contributed by atoms with Crippen molar-refractivity contribution in [2.24, 2.45) is 0 Å². The molecule has 0 aliphatic heterocycles. The summed E-state index contributed by atoms with van der Waals surface area (Å²) >= 11 is 0. The first-order valence-electron chi connectivity index (χ1n) is 5.51. The number of nitro groups is 1. The summed E-state index contributed by atoms with van der Waals surface area (Å²) in [6.07, 6.45) is 6.53. The highest BCUT2D eigenvalue weighted by atomic mass is 16.6. The van der Waals surface area contributed by atoms with Crippen LogP contribution in [0.1, 0.15) is 25.5 Å². The van der Waals surface area contributed by atoms with E-state index < -0.39 is 4.92 Å².